The van der Waals surface area contributed by atoms with E-state index < -0.39 is 0 Å². The summed E-state index contributed by atoms with van der Waals surface area (Å²) >= 11 is 0. The number of carbonyl (C=O) groups excluding carboxylic acids is 2. The maximum atomic E-state index is 12.9. The zero-order chi connectivity index (χ0) is 25.8. The van der Waals surface area contributed by atoms with Crippen molar-refractivity contribution in [3.05, 3.63) is 83.8 Å². The first kappa shape index (κ1) is 24.5. The zero-order valence-electron chi connectivity index (χ0n) is 20.9. The number of hydrogen-bond donors (Lipinski definition) is 3. The van der Waals surface area contributed by atoms with E-state index in [0.717, 1.165) is 40.7 Å². The molecule has 0 spiro atoms. The van der Waals surface area contributed by atoms with Crippen molar-refractivity contribution in [2.45, 2.75) is 25.3 Å². The summed E-state index contributed by atoms with van der Waals surface area (Å²) in [7, 11) is 1.78. The largest absolute Gasteiger partial charge is 0.382 e. The lowest BCUT2D eigenvalue weighted by Crippen LogP contribution is -2.42. The van der Waals surface area contributed by atoms with Gasteiger partial charge >= 0.3 is 0 Å². The summed E-state index contributed by atoms with van der Waals surface area (Å²) in [6.07, 6.45) is 3.15. The summed E-state index contributed by atoms with van der Waals surface area (Å²) in [4.78, 5) is 31.3. The molecule has 37 heavy (non-hydrogen) atoms. The Labute approximate surface area is 215 Å². The average Bonchev–Trinajstić information content (AvgIpc) is 3.34. The van der Waals surface area contributed by atoms with E-state index in [1.54, 1.807) is 13.1 Å². The van der Waals surface area contributed by atoms with Crippen LogP contribution in [0.2, 0.25) is 0 Å². The molecule has 2 aromatic carbocycles. The Morgan fingerprint density at radius 2 is 1.84 bits per heavy atom. The first-order valence-corrected chi connectivity index (χ1v) is 12.5. The van der Waals surface area contributed by atoms with Crippen molar-refractivity contribution in [1.82, 2.24) is 30.1 Å². The third-order valence-electron chi connectivity index (χ3n) is 6.94. The maximum absolute atomic E-state index is 12.9. The highest BCUT2D eigenvalue weighted by atomic mass is 16.2. The Kier molecular flexibility index (Phi) is 7.14. The maximum Gasteiger partial charge on any atom is 0.251 e. The lowest BCUT2D eigenvalue weighted by Gasteiger charge is -2.31. The smallest absolute Gasteiger partial charge is 0.251 e. The van der Waals surface area contributed by atoms with Gasteiger partial charge in [-0.2, -0.15) is 5.10 Å². The van der Waals surface area contributed by atoms with Gasteiger partial charge < -0.3 is 21.3 Å². The fourth-order valence-electron chi connectivity index (χ4n) is 5.00. The number of nitrogens with two attached hydrogens (primary N) is 1. The van der Waals surface area contributed by atoms with Crippen LogP contribution in [0.25, 0.3) is 16.6 Å². The molecule has 0 aliphatic carbocycles. The van der Waals surface area contributed by atoms with Crippen LogP contribution in [0.4, 0.5) is 5.82 Å². The number of rotatable bonds is 7. The van der Waals surface area contributed by atoms with E-state index in [1.165, 1.54) is 6.33 Å². The Bertz CT molecular complexity index is 1410. The highest BCUT2D eigenvalue weighted by Crippen LogP contribution is 2.36. The first-order valence-electron chi connectivity index (χ1n) is 12.5. The van der Waals surface area contributed by atoms with Gasteiger partial charge in [0.1, 0.15) is 11.8 Å². The monoisotopic (exact) mass is 497 g/mol. The van der Waals surface area contributed by atoms with Crippen LogP contribution in [0.1, 0.15) is 40.4 Å². The molecule has 1 aliphatic heterocycles. The second-order valence-electron chi connectivity index (χ2n) is 9.32. The van der Waals surface area contributed by atoms with Crippen molar-refractivity contribution < 1.29 is 9.59 Å². The third kappa shape index (κ3) is 5.17. The minimum absolute atomic E-state index is 0.121. The van der Waals surface area contributed by atoms with Crippen molar-refractivity contribution in [1.29, 1.82) is 0 Å². The van der Waals surface area contributed by atoms with Crippen LogP contribution in [0, 0.1) is 0 Å². The summed E-state index contributed by atoms with van der Waals surface area (Å²) in [5, 5.41) is 10.4. The highest BCUT2D eigenvalue weighted by Gasteiger charge is 2.27. The number of nitrogens with zero attached hydrogens (tertiary/aromatic N) is 4. The molecule has 190 valence electrons. The molecule has 2 amide bonds. The summed E-state index contributed by atoms with van der Waals surface area (Å²) in [6.45, 7) is 2.21. The third-order valence-corrected chi connectivity index (χ3v) is 6.94. The van der Waals surface area contributed by atoms with Gasteiger partial charge in [-0.15, -0.1) is 0 Å². The summed E-state index contributed by atoms with van der Waals surface area (Å²) in [5.74, 6) is 0.594. The Morgan fingerprint density at radius 1 is 1.05 bits per heavy atom. The molecular weight excluding hydrogens is 466 g/mol. The van der Waals surface area contributed by atoms with E-state index in [-0.39, 0.29) is 17.7 Å². The van der Waals surface area contributed by atoms with Crippen LogP contribution < -0.4 is 16.4 Å². The minimum atomic E-state index is -0.141. The zero-order valence-corrected chi connectivity index (χ0v) is 20.9. The van der Waals surface area contributed by atoms with E-state index in [4.69, 9.17) is 5.73 Å². The lowest BCUT2D eigenvalue weighted by molar-refractivity contribution is -0.131. The van der Waals surface area contributed by atoms with Gasteiger partial charge in [0.2, 0.25) is 5.91 Å². The van der Waals surface area contributed by atoms with E-state index in [2.05, 4.69) is 26.8 Å². The number of benzene rings is 2. The molecule has 2 aromatic heterocycles. The van der Waals surface area contributed by atoms with Crippen molar-refractivity contribution in [3.63, 3.8) is 0 Å². The summed E-state index contributed by atoms with van der Waals surface area (Å²) < 4.78 is 1.87. The van der Waals surface area contributed by atoms with Gasteiger partial charge in [0.05, 0.1) is 6.54 Å². The SMILES string of the molecule is CNCC(=O)N1CCC(c2cc(-c3cccc(C(=O)NCc4ccccc4)c3)c3c(N)ncnn23)CC1. The van der Waals surface area contributed by atoms with Crippen LogP contribution in [-0.4, -0.2) is 58.0 Å². The van der Waals surface area contributed by atoms with Crippen LogP contribution >= 0.6 is 0 Å². The van der Waals surface area contributed by atoms with Gasteiger partial charge in [-0.1, -0.05) is 42.5 Å². The molecule has 0 bridgehead atoms. The Hall–Kier alpha value is -4.24. The fourth-order valence-corrected chi connectivity index (χ4v) is 5.00. The van der Waals surface area contributed by atoms with Crippen molar-refractivity contribution >= 4 is 23.1 Å². The first-order chi connectivity index (χ1) is 18.0. The number of aromatic nitrogens is 3. The van der Waals surface area contributed by atoms with Gasteiger partial charge in [-0.05, 0) is 49.2 Å². The number of likely N-dealkylation sites (tertiary alicyclic amines) is 1. The number of carbonyl (C=O) groups is 2. The van der Waals surface area contributed by atoms with Gasteiger partial charge in [0.15, 0.2) is 5.82 Å². The second-order valence-corrected chi connectivity index (χ2v) is 9.32. The molecular formula is C28H31N7O2. The summed E-state index contributed by atoms with van der Waals surface area (Å²) in [6, 6.07) is 19.5. The molecule has 0 radical (unpaired) electrons. The number of likely N-dealkylation sites (N-methyl/N-ethyl adjacent to an activating group) is 1. The average molecular weight is 498 g/mol. The number of anilines is 1. The van der Waals surface area contributed by atoms with E-state index >= 15 is 0 Å². The highest BCUT2D eigenvalue weighted by molar-refractivity contribution is 5.97. The number of amides is 2. The van der Waals surface area contributed by atoms with Crippen molar-refractivity contribution in [2.24, 2.45) is 0 Å². The predicted octanol–water partition coefficient (Wildman–Crippen LogP) is 2.83. The van der Waals surface area contributed by atoms with Gasteiger partial charge in [-0.3, -0.25) is 9.59 Å². The standard InChI is InChI=1S/C28H31N7O2/c1-30-17-25(36)34-12-10-20(11-13-34)24-15-23(26-27(29)32-18-33-35(24)26)21-8-5-9-22(14-21)28(37)31-16-19-6-3-2-4-7-19/h2-9,14-15,18,20,30H,10-13,16-17H2,1H3,(H,31,37)(H2,29,32,33). The molecule has 1 aliphatic rings. The number of nitrogens with one attached hydrogen (secondary N) is 2. The summed E-state index contributed by atoms with van der Waals surface area (Å²) in [5.41, 5.74) is 11.5. The molecule has 9 heteroatoms. The number of piperidine rings is 1. The second kappa shape index (κ2) is 10.8. The van der Waals surface area contributed by atoms with E-state index in [9.17, 15) is 9.59 Å². The van der Waals surface area contributed by atoms with Crippen LogP contribution in [0.5, 0.6) is 0 Å². The molecule has 0 atom stereocenters. The van der Waals surface area contributed by atoms with E-state index in [1.807, 2.05) is 57.9 Å². The molecule has 9 nitrogen and oxygen atoms in total. The van der Waals surface area contributed by atoms with Crippen molar-refractivity contribution in [3.8, 4) is 11.1 Å². The molecule has 1 fully saturated rings. The van der Waals surface area contributed by atoms with Gasteiger partial charge in [0, 0.05) is 42.4 Å². The number of fused-ring (bicyclic) bond motifs is 1. The van der Waals surface area contributed by atoms with Crippen LogP contribution in [0.15, 0.2) is 67.0 Å². The van der Waals surface area contributed by atoms with Crippen LogP contribution in [-0.2, 0) is 11.3 Å². The predicted molar refractivity (Wildman–Crippen MR) is 143 cm³/mol. The molecule has 4 aromatic rings. The molecule has 1 saturated heterocycles. The topological polar surface area (TPSA) is 118 Å². The Morgan fingerprint density at radius 3 is 2.59 bits per heavy atom. The van der Waals surface area contributed by atoms with Crippen molar-refractivity contribution in [2.75, 3.05) is 32.4 Å². The lowest BCUT2D eigenvalue weighted by atomic mass is 9.92. The quantitative estimate of drug-likeness (QED) is 0.361. The number of hydrogen-bond acceptors (Lipinski definition) is 6. The fraction of sp³-hybridized carbons (Fsp3) is 0.286. The molecule has 0 unspecified atom stereocenters. The molecule has 0 saturated carbocycles. The van der Waals surface area contributed by atoms with Crippen LogP contribution in [0.3, 0.4) is 0 Å². The molecule has 3 heterocycles. The van der Waals surface area contributed by atoms with E-state index in [0.29, 0.717) is 37.6 Å². The normalized spacial score (nSPS) is 14.1. The van der Waals surface area contributed by atoms with Gasteiger partial charge in [-0.25, -0.2) is 9.50 Å². The molecule has 4 N–H and O–H groups in total. The van der Waals surface area contributed by atoms with Gasteiger partial charge in [0.25, 0.3) is 5.91 Å². The number of nitrogen functional groups attached to an aromatic ring is 1. The Balaban J connectivity index is 1.41. The minimum Gasteiger partial charge on any atom is -0.382 e. The molecule has 5 rings (SSSR count).